The minimum atomic E-state index is -0.378. The molecular weight excluding hydrogens is 238 g/mol. The Morgan fingerprint density at radius 1 is 1.21 bits per heavy atom. The van der Waals surface area contributed by atoms with Gasteiger partial charge in [-0.25, -0.2) is 4.68 Å². The summed E-state index contributed by atoms with van der Waals surface area (Å²) < 4.78 is 1.57. The van der Waals surface area contributed by atoms with Crippen LogP contribution < -0.4 is 0 Å². The van der Waals surface area contributed by atoms with Crippen LogP contribution in [-0.2, 0) is 12.5 Å². The monoisotopic (exact) mass is 255 g/mol. The highest BCUT2D eigenvalue weighted by molar-refractivity contribution is 6.02. The van der Waals surface area contributed by atoms with E-state index in [1.165, 1.54) is 0 Å². The third-order valence-corrected chi connectivity index (χ3v) is 4.17. The van der Waals surface area contributed by atoms with Gasteiger partial charge in [0.1, 0.15) is 5.69 Å². The lowest BCUT2D eigenvalue weighted by molar-refractivity contribution is 0.0876. The highest BCUT2D eigenvalue weighted by Crippen LogP contribution is 2.43. The number of benzene rings is 1. The summed E-state index contributed by atoms with van der Waals surface area (Å²) in [5.74, 6) is 0.156. The Hall–Kier alpha value is -1.97. The van der Waals surface area contributed by atoms with Crippen LogP contribution >= 0.6 is 0 Å². The van der Waals surface area contributed by atoms with Crippen molar-refractivity contribution >= 4 is 5.78 Å². The number of nitrogens with zero attached hydrogens (tertiary/aromatic N) is 3. The molecule has 0 saturated heterocycles. The average Bonchev–Trinajstić information content (AvgIpc) is 3.08. The van der Waals surface area contributed by atoms with Crippen molar-refractivity contribution < 1.29 is 4.79 Å². The number of aromatic nitrogens is 3. The Bertz CT molecular complexity index is 582. The molecule has 1 aromatic carbocycles. The zero-order valence-corrected chi connectivity index (χ0v) is 11.0. The molecule has 98 valence electrons. The molecule has 2 aromatic rings. The molecule has 0 radical (unpaired) electrons. The number of ketones is 1. The van der Waals surface area contributed by atoms with E-state index < -0.39 is 0 Å². The molecule has 19 heavy (non-hydrogen) atoms. The first kappa shape index (κ1) is 12.1. The van der Waals surface area contributed by atoms with Gasteiger partial charge in [0.15, 0.2) is 5.78 Å². The average molecular weight is 255 g/mol. The summed E-state index contributed by atoms with van der Waals surface area (Å²) in [6, 6.07) is 10.1. The van der Waals surface area contributed by atoms with E-state index in [1.807, 2.05) is 18.2 Å². The number of rotatable bonds is 3. The minimum Gasteiger partial charge on any atom is -0.291 e. The maximum Gasteiger partial charge on any atom is 0.192 e. The highest BCUT2D eigenvalue weighted by atomic mass is 16.1. The molecule has 4 heteroatoms. The molecule has 1 aromatic heterocycles. The third-order valence-electron chi connectivity index (χ3n) is 4.17. The predicted octanol–water partition coefficient (Wildman–Crippen LogP) is 2.51. The van der Waals surface area contributed by atoms with Gasteiger partial charge in [-0.05, 0) is 18.4 Å². The molecule has 0 amide bonds. The van der Waals surface area contributed by atoms with Gasteiger partial charge < -0.3 is 0 Å². The summed E-state index contributed by atoms with van der Waals surface area (Å²) in [6.45, 7) is 0. The molecule has 1 saturated carbocycles. The number of Topliss-reactive ketones (excluding diaryl/α,β-unsaturated/α-hetero) is 1. The van der Waals surface area contributed by atoms with Gasteiger partial charge in [0.2, 0.25) is 0 Å². The standard InChI is InChI=1S/C15H17N3O/c1-18-13(11-16-17-18)14(19)15(9-5-6-10-15)12-7-3-2-4-8-12/h2-4,7-8,11H,5-6,9-10H2,1H3. The molecule has 3 rings (SSSR count). The lowest BCUT2D eigenvalue weighted by Gasteiger charge is -2.27. The summed E-state index contributed by atoms with van der Waals surface area (Å²) in [4.78, 5) is 13.0. The fraction of sp³-hybridized carbons (Fsp3) is 0.400. The number of aryl methyl sites for hydroxylation is 1. The predicted molar refractivity (Wildman–Crippen MR) is 71.9 cm³/mol. The Labute approximate surface area is 112 Å². The van der Waals surface area contributed by atoms with Crippen molar-refractivity contribution in [1.82, 2.24) is 15.0 Å². The quantitative estimate of drug-likeness (QED) is 0.792. The second-order valence-corrected chi connectivity index (χ2v) is 5.23. The fourth-order valence-electron chi connectivity index (χ4n) is 3.12. The van der Waals surface area contributed by atoms with E-state index in [-0.39, 0.29) is 11.2 Å². The number of hydrogen-bond acceptors (Lipinski definition) is 3. The van der Waals surface area contributed by atoms with Crippen molar-refractivity contribution in [2.45, 2.75) is 31.1 Å². The van der Waals surface area contributed by atoms with E-state index in [9.17, 15) is 4.79 Å². The van der Waals surface area contributed by atoms with E-state index in [1.54, 1.807) is 17.9 Å². The van der Waals surface area contributed by atoms with Crippen LogP contribution in [0.4, 0.5) is 0 Å². The van der Waals surface area contributed by atoms with Crippen LogP contribution in [-0.4, -0.2) is 20.8 Å². The molecule has 0 atom stereocenters. The van der Waals surface area contributed by atoms with E-state index in [0.29, 0.717) is 5.69 Å². The van der Waals surface area contributed by atoms with Crippen LogP contribution in [0, 0.1) is 0 Å². The molecule has 0 bridgehead atoms. The van der Waals surface area contributed by atoms with Crippen molar-refractivity contribution in [2.24, 2.45) is 7.05 Å². The lowest BCUT2D eigenvalue weighted by atomic mass is 9.74. The number of carbonyl (C=O) groups excluding carboxylic acids is 1. The Kier molecular flexibility index (Phi) is 2.93. The summed E-state index contributed by atoms with van der Waals surface area (Å²) in [5.41, 5.74) is 1.35. The zero-order valence-electron chi connectivity index (χ0n) is 11.0. The maximum absolute atomic E-state index is 13.0. The van der Waals surface area contributed by atoms with E-state index in [4.69, 9.17) is 0 Å². The Balaban J connectivity index is 2.07. The van der Waals surface area contributed by atoms with E-state index in [0.717, 1.165) is 31.2 Å². The van der Waals surface area contributed by atoms with Crippen LogP contribution in [0.5, 0.6) is 0 Å². The molecule has 0 spiro atoms. The van der Waals surface area contributed by atoms with Gasteiger partial charge in [-0.2, -0.15) is 0 Å². The highest BCUT2D eigenvalue weighted by Gasteiger charge is 2.43. The van der Waals surface area contributed by atoms with Gasteiger partial charge in [-0.3, -0.25) is 4.79 Å². The van der Waals surface area contributed by atoms with Gasteiger partial charge in [-0.1, -0.05) is 48.4 Å². The maximum atomic E-state index is 13.0. The topological polar surface area (TPSA) is 47.8 Å². The lowest BCUT2D eigenvalue weighted by Crippen LogP contribution is -2.34. The van der Waals surface area contributed by atoms with Crippen LogP contribution in [0.1, 0.15) is 41.7 Å². The summed E-state index contributed by atoms with van der Waals surface area (Å²) in [5, 5.41) is 7.71. The Morgan fingerprint density at radius 2 is 1.89 bits per heavy atom. The van der Waals surface area contributed by atoms with Gasteiger partial charge in [0.25, 0.3) is 0 Å². The fourth-order valence-corrected chi connectivity index (χ4v) is 3.12. The molecule has 1 heterocycles. The zero-order chi connectivity index (χ0) is 13.3. The third kappa shape index (κ3) is 1.87. The molecule has 0 N–H and O–H groups in total. The largest absolute Gasteiger partial charge is 0.291 e. The van der Waals surface area contributed by atoms with Crippen molar-refractivity contribution in [3.05, 3.63) is 47.8 Å². The Morgan fingerprint density at radius 3 is 2.47 bits per heavy atom. The summed E-state index contributed by atoms with van der Waals surface area (Å²) >= 11 is 0. The molecular formula is C15H17N3O. The molecule has 1 aliphatic rings. The van der Waals surface area contributed by atoms with Crippen molar-refractivity contribution in [1.29, 1.82) is 0 Å². The van der Waals surface area contributed by atoms with Crippen LogP contribution in [0.25, 0.3) is 0 Å². The first-order chi connectivity index (χ1) is 9.24. The number of carbonyl (C=O) groups is 1. The smallest absolute Gasteiger partial charge is 0.192 e. The second kappa shape index (κ2) is 4.61. The van der Waals surface area contributed by atoms with Crippen molar-refractivity contribution in [3.8, 4) is 0 Å². The first-order valence-electron chi connectivity index (χ1n) is 6.69. The van der Waals surface area contributed by atoms with Gasteiger partial charge >= 0.3 is 0 Å². The molecule has 0 aliphatic heterocycles. The van der Waals surface area contributed by atoms with E-state index >= 15 is 0 Å². The normalized spacial score (nSPS) is 17.5. The van der Waals surface area contributed by atoms with Crippen molar-refractivity contribution in [3.63, 3.8) is 0 Å². The SMILES string of the molecule is Cn1nncc1C(=O)C1(c2ccccc2)CCCC1. The van der Waals surface area contributed by atoms with E-state index in [2.05, 4.69) is 22.4 Å². The van der Waals surface area contributed by atoms with Crippen LogP contribution in [0.2, 0.25) is 0 Å². The summed E-state index contributed by atoms with van der Waals surface area (Å²) in [6.07, 6.45) is 5.62. The van der Waals surface area contributed by atoms with Crippen molar-refractivity contribution in [2.75, 3.05) is 0 Å². The van der Waals surface area contributed by atoms with Gasteiger partial charge in [0.05, 0.1) is 11.6 Å². The van der Waals surface area contributed by atoms with Crippen LogP contribution in [0.15, 0.2) is 36.5 Å². The molecule has 1 fully saturated rings. The van der Waals surface area contributed by atoms with Gasteiger partial charge in [-0.15, -0.1) is 5.10 Å². The number of hydrogen-bond donors (Lipinski definition) is 0. The summed E-state index contributed by atoms with van der Waals surface area (Å²) in [7, 11) is 1.77. The second-order valence-electron chi connectivity index (χ2n) is 5.23. The van der Waals surface area contributed by atoms with Gasteiger partial charge in [0, 0.05) is 7.05 Å². The molecule has 4 nitrogen and oxygen atoms in total. The van der Waals surface area contributed by atoms with Crippen LogP contribution in [0.3, 0.4) is 0 Å². The molecule has 1 aliphatic carbocycles. The molecule has 0 unspecified atom stereocenters. The minimum absolute atomic E-state index is 0.156. The first-order valence-corrected chi connectivity index (χ1v) is 6.69.